The van der Waals surface area contributed by atoms with Gasteiger partial charge in [0.2, 0.25) is 11.8 Å². The summed E-state index contributed by atoms with van der Waals surface area (Å²) in [4.78, 5) is 12.5. The third-order valence-corrected chi connectivity index (χ3v) is 5.37. The molecule has 2 aromatic carbocycles. The summed E-state index contributed by atoms with van der Waals surface area (Å²) in [6.07, 6.45) is 3.42. The van der Waals surface area contributed by atoms with E-state index in [4.69, 9.17) is 4.42 Å². The summed E-state index contributed by atoms with van der Waals surface area (Å²) in [5, 5.41) is 11.1. The minimum atomic E-state index is -0.340. The van der Waals surface area contributed by atoms with Gasteiger partial charge in [-0.3, -0.25) is 4.79 Å². The summed E-state index contributed by atoms with van der Waals surface area (Å²) < 4.78 is 5.66. The smallest absolute Gasteiger partial charge is 0.277 e. The molecule has 0 aliphatic heterocycles. The van der Waals surface area contributed by atoms with Crippen LogP contribution in [0, 0.1) is 0 Å². The highest BCUT2D eigenvalue weighted by molar-refractivity contribution is 8.00. The van der Waals surface area contributed by atoms with E-state index in [1.807, 2.05) is 43.3 Å². The molecule has 1 amide bonds. The molecule has 3 aromatic rings. The number of nitrogens with one attached hydrogen (secondary N) is 1. The van der Waals surface area contributed by atoms with Gasteiger partial charge in [0.05, 0.1) is 5.25 Å². The summed E-state index contributed by atoms with van der Waals surface area (Å²) in [5.74, 6) is 0.381. The Balaban J connectivity index is 1.39. The van der Waals surface area contributed by atoms with Crippen molar-refractivity contribution in [3.05, 3.63) is 59.7 Å². The van der Waals surface area contributed by atoms with Crippen LogP contribution in [0.15, 0.2) is 58.2 Å². The van der Waals surface area contributed by atoms with Crippen LogP contribution in [0.4, 0.5) is 5.69 Å². The van der Waals surface area contributed by atoms with Crippen LogP contribution in [-0.2, 0) is 17.6 Å². The SMILES string of the molecule is C[C@H](Sc1nnc(-c2ccccc2)o1)C(=O)Nc1ccc2c(c1)CCC2. The first-order chi connectivity index (χ1) is 12.7. The van der Waals surface area contributed by atoms with Crippen LogP contribution in [0.25, 0.3) is 11.5 Å². The van der Waals surface area contributed by atoms with Crippen molar-refractivity contribution in [1.29, 1.82) is 0 Å². The van der Waals surface area contributed by atoms with Crippen molar-refractivity contribution in [2.45, 2.75) is 36.7 Å². The molecule has 26 heavy (non-hydrogen) atoms. The van der Waals surface area contributed by atoms with Gasteiger partial charge in [0, 0.05) is 11.3 Å². The third-order valence-electron chi connectivity index (χ3n) is 4.44. The van der Waals surface area contributed by atoms with Crippen LogP contribution in [0.1, 0.15) is 24.5 Å². The van der Waals surface area contributed by atoms with Gasteiger partial charge in [-0.05, 0) is 61.6 Å². The second kappa shape index (κ2) is 7.33. The van der Waals surface area contributed by atoms with E-state index in [1.54, 1.807) is 0 Å². The van der Waals surface area contributed by atoms with Crippen LogP contribution in [0.5, 0.6) is 0 Å². The average Bonchev–Trinajstić information content (AvgIpc) is 3.31. The average molecular weight is 365 g/mol. The number of carbonyl (C=O) groups is 1. The molecule has 0 saturated carbocycles. The van der Waals surface area contributed by atoms with Crippen molar-refractivity contribution in [3.8, 4) is 11.5 Å². The number of amides is 1. The molecule has 1 atom stereocenters. The molecule has 0 bridgehead atoms. The zero-order valence-electron chi connectivity index (χ0n) is 14.4. The van der Waals surface area contributed by atoms with Gasteiger partial charge in [0.1, 0.15) is 0 Å². The number of anilines is 1. The summed E-state index contributed by atoms with van der Waals surface area (Å²) in [6.45, 7) is 1.83. The Morgan fingerprint density at radius 2 is 1.92 bits per heavy atom. The fourth-order valence-electron chi connectivity index (χ4n) is 3.05. The highest BCUT2D eigenvalue weighted by Crippen LogP contribution is 2.28. The van der Waals surface area contributed by atoms with Gasteiger partial charge in [-0.1, -0.05) is 36.0 Å². The van der Waals surface area contributed by atoms with E-state index in [2.05, 4.69) is 27.6 Å². The van der Waals surface area contributed by atoms with Gasteiger partial charge in [-0.2, -0.15) is 0 Å². The van der Waals surface area contributed by atoms with E-state index < -0.39 is 0 Å². The van der Waals surface area contributed by atoms with Crippen molar-refractivity contribution < 1.29 is 9.21 Å². The predicted octanol–water partition coefficient (Wildman–Crippen LogP) is 4.34. The number of benzene rings is 2. The molecule has 1 aliphatic rings. The maximum Gasteiger partial charge on any atom is 0.277 e. The van der Waals surface area contributed by atoms with Gasteiger partial charge in [-0.15, -0.1) is 10.2 Å². The van der Waals surface area contributed by atoms with Crippen LogP contribution < -0.4 is 5.32 Å². The fourth-order valence-corrected chi connectivity index (χ4v) is 3.74. The maximum atomic E-state index is 12.5. The first-order valence-electron chi connectivity index (χ1n) is 8.67. The summed E-state index contributed by atoms with van der Waals surface area (Å²) in [5.41, 5.74) is 4.44. The molecule has 0 radical (unpaired) electrons. The number of fused-ring (bicyclic) bond motifs is 1. The molecule has 1 heterocycles. The zero-order valence-corrected chi connectivity index (χ0v) is 15.3. The Labute approximate surface area is 156 Å². The fraction of sp³-hybridized carbons (Fsp3) is 0.250. The number of thioether (sulfide) groups is 1. The number of aromatic nitrogens is 2. The molecular formula is C20H19N3O2S. The molecule has 1 aliphatic carbocycles. The summed E-state index contributed by atoms with van der Waals surface area (Å²) >= 11 is 1.26. The number of hydrogen-bond donors (Lipinski definition) is 1. The summed E-state index contributed by atoms with van der Waals surface area (Å²) in [7, 11) is 0. The number of rotatable bonds is 5. The van der Waals surface area contributed by atoms with Gasteiger partial charge in [0.25, 0.3) is 5.22 Å². The van der Waals surface area contributed by atoms with E-state index in [1.165, 1.54) is 29.3 Å². The van der Waals surface area contributed by atoms with E-state index >= 15 is 0 Å². The molecular weight excluding hydrogens is 346 g/mol. The minimum absolute atomic E-state index is 0.0765. The zero-order chi connectivity index (χ0) is 17.9. The highest BCUT2D eigenvalue weighted by Gasteiger charge is 2.19. The molecule has 1 aromatic heterocycles. The van der Waals surface area contributed by atoms with Crippen molar-refractivity contribution in [2.24, 2.45) is 0 Å². The van der Waals surface area contributed by atoms with Crippen molar-refractivity contribution >= 4 is 23.4 Å². The molecule has 5 nitrogen and oxygen atoms in total. The number of nitrogens with zero attached hydrogens (tertiary/aromatic N) is 2. The maximum absolute atomic E-state index is 12.5. The van der Waals surface area contributed by atoms with Crippen LogP contribution in [-0.4, -0.2) is 21.4 Å². The molecule has 0 spiro atoms. The molecule has 0 saturated heterocycles. The molecule has 6 heteroatoms. The van der Waals surface area contributed by atoms with Crippen LogP contribution in [0.2, 0.25) is 0 Å². The monoisotopic (exact) mass is 365 g/mol. The van der Waals surface area contributed by atoms with Crippen molar-refractivity contribution in [1.82, 2.24) is 10.2 Å². The standard InChI is InChI=1S/C20H19N3O2S/c1-13(18(24)21-17-11-10-14-8-5-9-16(14)12-17)26-20-23-22-19(25-20)15-6-3-2-4-7-15/h2-4,6-7,10-13H,5,8-9H2,1H3,(H,21,24)/t13-/m0/s1. The topological polar surface area (TPSA) is 68.0 Å². The molecule has 0 unspecified atom stereocenters. The quantitative estimate of drug-likeness (QED) is 0.681. The molecule has 1 N–H and O–H groups in total. The Morgan fingerprint density at radius 1 is 1.12 bits per heavy atom. The number of carbonyl (C=O) groups excluding carboxylic acids is 1. The summed E-state index contributed by atoms with van der Waals surface area (Å²) in [6, 6.07) is 15.7. The van der Waals surface area contributed by atoms with Gasteiger partial charge >= 0.3 is 0 Å². The number of hydrogen-bond acceptors (Lipinski definition) is 5. The second-order valence-electron chi connectivity index (χ2n) is 6.33. The highest BCUT2D eigenvalue weighted by atomic mass is 32.2. The lowest BCUT2D eigenvalue weighted by atomic mass is 10.1. The lowest BCUT2D eigenvalue weighted by Gasteiger charge is -2.11. The van der Waals surface area contributed by atoms with Crippen molar-refractivity contribution in [2.75, 3.05) is 5.32 Å². The normalized spacial score (nSPS) is 14.0. The minimum Gasteiger partial charge on any atom is -0.411 e. The molecule has 0 fully saturated rings. The van der Waals surface area contributed by atoms with Gasteiger partial charge in [0.15, 0.2) is 0 Å². The Morgan fingerprint density at radius 3 is 2.77 bits per heavy atom. The second-order valence-corrected chi connectivity index (χ2v) is 7.62. The Hall–Kier alpha value is -2.60. The lowest BCUT2D eigenvalue weighted by molar-refractivity contribution is -0.115. The third kappa shape index (κ3) is 3.65. The first-order valence-corrected chi connectivity index (χ1v) is 9.55. The van der Waals surface area contributed by atoms with E-state index in [0.717, 1.165) is 24.1 Å². The predicted molar refractivity (Wildman–Crippen MR) is 102 cm³/mol. The van der Waals surface area contributed by atoms with Crippen molar-refractivity contribution in [3.63, 3.8) is 0 Å². The van der Waals surface area contributed by atoms with E-state index in [9.17, 15) is 4.79 Å². The number of aryl methyl sites for hydroxylation is 2. The first kappa shape index (κ1) is 16.8. The molecule has 4 rings (SSSR count). The Bertz CT molecular complexity index is 924. The lowest BCUT2D eigenvalue weighted by Crippen LogP contribution is -2.22. The Kier molecular flexibility index (Phi) is 4.75. The largest absolute Gasteiger partial charge is 0.411 e. The van der Waals surface area contributed by atoms with Crippen LogP contribution in [0.3, 0.4) is 0 Å². The molecule has 132 valence electrons. The van der Waals surface area contributed by atoms with Gasteiger partial charge < -0.3 is 9.73 Å². The van der Waals surface area contributed by atoms with Crippen LogP contribution >= 0.6 is 11.8 Å². The van der Waals surface area contributed by atoms with Gasteiger partial charge in [-0.25, -0.2) is 0 Å². The van der Waals surface area contributed by atoms with E-state index in [-0.39, 0.29) is 11.2 Å². The van der Waals surface area contributed by atoms with E-state index in [0.29, 0.717) is 11.1 Å².